The second kappa shape index (κ2) is 8.41. The smallest absolute Gasteiger partial charge is 0.234 e. The Morgan fingerprint density at radius 2 is 1.74 bits per heavy atom. The normalized spacial score (nSPS) is 23.6. The number of carbonyl (C=O) groups excluding carboxylic acids is 1. The van der Waals surface area contributed by atoms with Gasteiger partial charge in [0.2, 0.25) is 15.9 Å². The van der Waals surface area contributed by atoms with Crippen LogP contribution in [0.5, 0.6) is 0 Å². The van der Waals surface area contributed by atoms with Crippen LogP contribution in [0.2, 0.25) is 0 Å². The standard InChI is InChI=1S/C15H30N4O3S/c1-3-17-9-5-14(6-10-17)16-15(20)13-18-7-4-8-19(12-11-18)23(2,21)22/h14H,3-13H2,1-2H3,(H,16,20). The summed E-state index contributed by atoms with van der Waals surface area (Å²) in [5.74, 6) is 0.0627. The predicted molar refractivity (Wildman–Crippen MR) is 90.8 cm³/mol. The molecule has 0 aromatic carbocycles. The molecule has 2 fully saturated rings. The molecule has 2 heterocycles. The fraction of sp³-hybridized carbons (Fsp3) is 0.933. The molecule has 2 aliphatic rings. The molecule has 0 saturated carbocycles. The molecule has 2 aliphatic heterocycles. The first-order chi connectivity index (χ1) is 10.9. The number of piperidine rings is 1. The Morgan fingerprint density at radius 3 is 2.35 bits per heavy atom. The molecule has 0 radical (unpaired) electrons. The zero-order valence-electron chi connectivity index (χ0n) is 14.3. The van der Waals surface area contributed by atoms with Crippen LogP contribution in [0, 0.1) is 0 Å². The molecule has 2 saturated heterocycles. The lowest BCUT2D eigenvalue weighted by atomic mass is 10.1. The number of nitrogens with one attached hydrogen (secondary N) is 1. The summed E-state index contributed by atoms with van der Waals surface area (Å²) < 4.78 is 24.7. The van der Waals surface area contributed by atoms with Crippen molar-refractivity contribution in [3.05, 3.63) is 0 Å². The monoisotopic (exact) mass is 346 g/mol. The van der Waals surface area contributed by atoms with Crippen LogP contribution < -0.4 is 5.32 Å². The van der Waals surface area contributed by atoms with E-state index in [1.54, 1.807) is 0 Å². The van der Waals surface area contributed by atoms with Crippen molar-refractivity contribution in [1.82, 2.24) is 19.4 Å². The van der Waals surface area contributed by atoms with Gasteiger partial charge in [-0.05, 0) is 32.4 Å². The van der Waals surface area contributed by atoms with Gasteiger partial charge in [0.15, 0.2) is 0 Å². The van der Waals surface area contributed by atoms with Gasteiger partial charge in [0.25, 0.3) is 0 Å². The van der Waals surface area contributed by atoms with E-state index >= 15 is 0 Å². The molecule has 1 amide bonds. The van der Waals surface area contributed by atoms with Crippen molar-refractivity contribution in [2.24, 2.45) is 0 Å². The molecule has 0 bridgehead atoms. The highest BCUT2D eigenvalue weighted by Crippen LogP contribution is 2.10. The number of hydrogen-bond acceptors (Lipinski definition) is 5. The molecule has 0 aromatic heterocycles. The predicted octanol–water partition coefficient (Wildman–Crippen LogP) is -0.446. The quantitative estimate of drug-likeness (QED) is 0.730. The van der Waals surface area contributed by atoms with Crippen molar-refractivity contribution in [2.75, 3.05) is 58.6 Å². The fourth-order valence-corrected chi connectivity index (χ4v) is 4.18. The van der Waals surface area contributed by atoms with E-state index in [4.69, 9.17) is 0 Å². The van der Waals surface area contributed by atoms with Crippen LogP contribution in [0.15, 0.2) is 0 Å². The lowest BCUT2D eigenvalue weighted by molar-refractivity contribution is -0.123. The van der Waals surface area contributed by atoms with Gasteiger partial charge in [-0.3, -0.25) is 9.69 Å². The molecule has 0 aromatic rings. The highest BCUT2D eigenvalue weighted by atomic mass is 32.2. The van der Waals surface area contributed by atoms with Crippen molar-refractivity contribution in [1.29, 1.82) is 0 Å². The Bertz CT molecular complexity index is 489. The van der Waals surface area contributed by atoms with Crippen molar-refractivity contribution >= 4 is 15.9 Å². The minimum absolute atomic E-state index is 0.0627. The van der Waals surface area contributed by atoms with Crippen molar-refractivity contribution in [3.63, 3.8) is 0 Å². The molecule has 0 aliphatic carbocycles. The van der Waals surface area contributed by atoms with Crippen LogP contribution in [0.4, 0.5) is 0 Å². The van der Waals surface area contributed by atoms with Crippen LogP contribution in [0.3, 0.4) is 0 Å². The van der Waals surface area contributed by atoms with Crippen LogP contribution in [0.1, 0.15) is 26.2 Å². The van der Waals surface area contributed by atoms with Gasteiger partial charge in [0.05, 0.1) is 12.8 Å². The first-order valence-corrected chi connectivity index (χ1v) is 10.4. The average molecular weight is 346 g/mol. The van der Waals surface area contributed by atoms with Crippen LogP contribution >= 0.6 is 0 Å². The van der Waals surface area contributed by atoms with E-state index in [9.17, 15) is 13.2 Å². The summed E-state index contributed by atoms with van der Waals surface area (Å²) in [6.07, 6.45) is 4.05. The van der Waals surface area contributed by atoms with E-state index in [0.717, 1.165) is 45.4 Å². The van der Waals surface area contributed by atoms with Gasteiger partial charge in [0.1, 0.15) is 0 Å². The molecule has 8 heteroatoms. The average Bonchev–Trinajstić information content (AvgIpc) is 2.73. The number of hydrogen-bond donors (Lipinski definition) is 1. The van der Waals surface area contributed by atoms with Crippen LogP contribution in [-0.4, -0.2) is 93.1 Å². The van der Waals surface area contributed by atoms with E-state index in [1.165, 1.54) is 10.6 Å². The Hall–Kier alpha value is -0.700. The highest BCUT2D eigenvalue weighted by Gasteiger charge is 2.24. The maximum atomic E-state index is 12.2. The Balaban J connectivity index is 1.73. The summed E-state index contributed by atoms with van der Waals surface area (Å²) in [6.45, 7) is 8.12. The van der Waals surface area contributed by atoms with E-state index in [2.05, 4.69) is 22.0 Å². The van der Waals surface area contributed by atoms with Crippen molar-refractivity contribution in [2.45, 2.75) is 32.2 Å². The van der Waals surface area contributed by atoms with E-state index in [1.807, 2.05) is 0 Å². The first-order valence-electron chi connectivity index (χ1n) is 8.57. The molecule has 23 heavy (non-hydrogen) atoms. The SMILES string of the molecule is CCN1CCC(NC(=O)CN2CCCN(S(C)(=O)=O)CC2)CC1. The fourth-order valence-electron chi connectivity index (χ4n) is 3.31. The molecular formula is C15H30N4O3S. The molecule has 0 unspecified atom stereocenters. The van der Waals surface area contributed by atoms with Gasteiger partial charge < -0.3 is 10.2 Å². The second-order valence-corrected chi connectivity index (χ2v) is 8.55. The third-order valence-corrected chi connectivity index (χ3v) is 6.09. The van der Waals surface area contributed by atoms with Gasteiger partial charge in [-0.25, -0.2) is 12.7 Å². The van der Waals surface area contributed by atoms with E-state index < -0.39 is 10.0 Å². The molecular weight excluding hydrogens is 316 g/mol. The molecule has 2 rings (SSSR count). The van der Waals surface area contributed by atoms with Gasteiger partial charge in [-0.1, -0.05) is 6.92 Å². The molecule has 7 nitrogen and oxygen atoms in total. The zero-order valence-corrected chi connectivity index (χ0v) is 15.1. The van der Waals surface area contributed by atoms with Crippen LogP contribution in [-0.2, 0) is 14.8 Å². The molecule has 0 spiro atoms. The highest BCUT2D eigenvalue weighted by molar-refractivity contribution is 7.88. The Labute approximate surface area is 140 Å². The maximum absolute atomic E-state index is 12.2. The summed E-state index contributed by atoms with van der Waals surface area (Å²) in [5, 5.41) is 3.13. The van der Waals surface area contributed by atoms with E-state index in [0.29, 0.717) is 26.2 Å². The third-order valence-electron chi connectivity index (χ3n) is 4.78. The number of nitrogens with zero attached hydrogens (tertiary/aromatic N) is 3. The number of amides is 1. The van der Waals surface area contributed by atoms with Gasteiger partial charge in [0, 0.05) is 38.8 Å². The minimum Gasteiger partial charge on any atom is -0.352 e. The maximum Gasteiger partial charge on any atom is 0.234 e. The van der Waals surface area contributed by atoms with Crippen molar-refractivity contribution in [3.8, 4) is 0 Å². The number of likely N-dealkylation sites (tertiary alicyclic amines) is 1. The van der Waals surface area contributed by atoms with Gasteiger partial charge >= 0.3 is 0 Å². The van der Waals surface area contributed by atoms with E-state index in [-0.39, 0.29) is 11.9 Å². The summed E-state index contributed by atoms with van der Waals surface area (Å²) in [6, 6.07) is 0.282. The van der Waals surface area contributed by atoms with Gasteiger partial charge in [-0.15, -0.1) is 0 Å². The Morgan fingerprint density at radius 1 is 1.04 bits per heavy atom. The molecule has 134 valence electrons. The van der Waals surface area contributed by atoms with Crippen molar-refractivity contribution < 1.29 is 13.2 Å². The number of carbonyl (C=O) groups is 1. The largest absolute Gasteiger partial charge is 0.352 e. The third kappa shape index (κ3) is 6.02. The van der Waals surface area contributed by atoms with Crippen LogP contribution in [0.25, 0.3) is 0 Å². The topological polar surface area (TPSA) is 73.0 Å². The summed E-state index contributed by atoms with van der Waals surface area (Å²) in [5.41, 5.74) is 0. The lowest BCUT2D eigenvalue weighted by Gasteiger charge is -2.32. The molecule has 0 atom stereocenters. The Kier molecular flexibility index (Phi) is 6.82. The van der Waals surface area contributed by atoms with Gasteiger partial charge in [-0.2, -0.15) is 0 Å². The lowest BCUT2D eigenvalue weighted by Crippen LogP contribution is -2.47. The summed E-state index contributed by atoms with van der Waals surface area (Å²) in [7, 11) is -3.13. The minimum atomic E-state index is -3.13. The first kappa shape index (κ1) is 18.6. The zero-order chi connectivity index (χ0) is 16.9. The number of sulfonamides is 1. The molecule has 1 N–H and O–H groups in total. The summed E-state index contributed by atoms with van der Waals surface area (Å²) >= 11 is 0. The summed E-state index contributed by atoms with van der Waals surface area (Å²) in [4.78, 5) is 16.7. The second-order valence-electron chi connectivity index (χ2n) is 6.57. The number of rotatable bonds is 5.